The molecule has 0 aliphatic carbocycles. The number of rotatable bonds is 6. The van der Waals surface area contributed by atoms with Crippen LogP contribution in [0.3, 0.4) is 0 Å². The van der Waals surface area contributed by atoms with Crippen molar-refractivity contribution in [3.05, 3.63) is 59.1 Å². The van der Waals surface area contributed by atoms with Crippen LogP contribution in [0.4, 0.5) is 11.4 Å². The lowest BCUT2D eigenvalue weighted by Crippen LogP contribution is -2.51. The standard InChI is InChI=1S/C23H27ClN4O3/c1-16(2)22(30)26-19-8-6-17(7-9-19)23(31)25-15-21(29)28-12-10-27(11-13-28)20-5-3-4-18(24)14-20/h3-9,14,16H,10-13,15H2,1-2H3,(H,25,31)(H,26,30). The molecule has 0 radical (unpaired) electrons. The molecule has 3 rings (SSSR count). The first-order valence-corrected chi connectivity index (χ1v) is 10.7. The summed E-state index contributed by atoms with van der Waals surface area (Å²) in [5, 5.41) is 6.14. The highest BCUT2D eigenvalue weighted by molar-refractivity contribution is 6.30. The Balaban J connectivity index is 1.45. The summed E-state index contributed by atoms with van der Waals surface area (Å²) in [6.07, 6.45) is 0. The van der Waals surface area contributed by atoms with Crippen LogP contribution in [-0.2, 0) is 9.59 Å². The zero-order chi connectivity index (χ0) is 22.4. The van der Waals surface area contributed by atoms with Crippen LogP contribution < -0.4 is 15.5 Å². The number of hydrogen-bond acceptors (Lipinski definition) is 4. The third-order valence-electron chi connectivity index (χ3n) is 5.14. The fraction of sp³-hybridized carbons (Fsp3) is 0.348. The Morgan fingerprint density at radius 2 is 1.68 bits per heavy atom. The predicted octanol–water partition coefficient (Wildman–Crippen LogP) is 3.01. The number of piperazine rings is 1. The molecule has 1 fully saturated rings. The van der Waals surface area contributed by atoms with E-state index in [1.165, 1.54) is 0 Å². The van der Waals surface area contributed by atoms with E-state index in [-0.39, 0.29) is 30.2 Å². The maximum Gasteiger partial charge on any atom is 0.251 e. The molecule has 8 heteroatoms. The van der Waals surface area contributed by atoms with E-state index in [9.17, 15) is 14.4 Å². The van der Waals surface area contributed by atoms with Crippen LogP contribution in [0.2, 0.25) is 5.02 Å². The van der Waals surface area contributed by atoms with Gasteiger partial charge in [0.15, 0.2) is 0 Å². The van der Waals surface area contributed by atoms with Crippen LogP contribution in [0.25, 0.3) is 0 Å². The van der Waals surface area contributed by atoms with Crippen LogP contribution in [-0.4, -0.2) is 55.3 Å². The molecule has 1 saturated heterocycles. The van der Waals surface area contributed by atoms with Crippen molar-refractivity contribution in [2.45, 2.75) is 13.8 Å². The Morgan fingerprint density at radius 3 is 2.29 bits per heavy atom. The number of hydrogen-bond donors (Lipinski definition) is 2. The van der Waals surface area contributed by atoms with Crippen molar-refractivity contribution in [1.29, 1.82) is 0 Å². The minimum Gasteiger partial charge on any atom is -0.368 e. The number of carbonyl (C=O) groups is 3. The van der Waals surface area contributed by atoms with Gasteiger partial charge < -0.3 is 20.4 Å². The fourth-order valence-electron chi connectivity index (χ4n) is 3.25. The summed E-state index contributed by atoms with van der Waals surface area (Å²) >= 11 is 6.06. The Hall–Kier alpha value is -3.06. The molecule has 3 amide bonds. The van der Waals surface area contributed by atoms with Gasteiger partial charge >= 0.3 is 0 Å². The largest absolute Gasteiger partial charge is 0.368 e. The molecular formula is C23H27ClN4O3. The minimum atomic E-state index is -0.326. The number of benzene rings is 2. The molecule has 1 heterocycles. The lowest BCUT2D eigenvalue weighted by Gasteiger charge is -2.36. The normalized spacial score (nSPS) is 13.8. The highest BCUT2D eigenvalue weighted by Crippen LogP contribution is 2.20. The molecule has 2 aromatic carbocycles. The molecule has 31 heavy (non-hydrogen) atoms. The van der Waals surface area contributed by atoms with Gasteiger partial charge in [-0.3, -0.25) is 14.4 Å². The summed E-state index contributed by atoms with van der Waals surface area (Å²) in [5.74, 6) is -0.646. The zero-order valence-corrected chi connectivity index (χ0v) is 18.5. The number of nitrogens with one attached hydrogen (secondary N) is 2. The van der Waals surface area contributed by atoms with Crippen molar-refractivity contribution < 1.29 is 14.4 Å². The monoisotopic (exact) mass is 442 g/mol. The van der Waals surface area contributed by atoms with E-state index < -0.39 is 0 Å². The Bertz CT molecular complexity index is 938. The lowest BCUT2D eigenvalue weighted by atomic mass is 10.1. The molecule has 2 N–H and O–H groups in total. The number of amides is 3. The van der Waals surface area contributed by atoms with Gasteiger partial charge in [0, 0.05) is 54.1 Å². The Labute approximate surface area is 187 Å². The number of nitrogens with zero attached hydrogens (tertiary/aromatic N) is 2. The van der Waals surface area contributed by atoms with E-state index in [1.54, 1.807) is 29.2 Å². The fourth-order valence-corrected chi connectivity index (χ4v) is 3.43. The van der Waals surface area contributed by atoms with E-state index in [1.807, 2.05) is 38.1 Å². The van der Waals surface area contributed by atoms with Crippen LogP contribution in [0.5, 0.6) is 0 Å². The molecule has 0 bridgehead atoms. The maximum atomic E-state index is 12.5. The van der Waals surface area contributed by atoms with Gasteiger partial charge in [0.25, 0.3) is 5.91 Å². The van der Waals surface area contributed by atoms with E-state index in [2.05, 4.69) is 15.5 Å². The summed E-state index contributed by atoms with van der Waals surface area (Å²) in [6, 6.07) is 14.3. The molecule has 0 aromatic heterocycles. The number of carbonyl (C=O) groups excluding carboxylic acids is 3. The average molecular weight is 443 g/mol. The van der Waals surface area contributed by atoms with Gasteiger partial charge in [0.1, 0.15) is 0 Å². The summed E-state index contributed by atoms with van der Waals surface area (Å²) in [7, 11) is 0. The molecule has 164 valence electrons. The first-order valence-electron chi connectivity index (χ1n) is 10.3. The van der Waals surface area contributed by atoms with Crippen molar-refractivity contribution in [2.75, 3.05) is 42.9 Å². The molecule has 2 aromatic rings. The number of anilines is 2. The minimum absolute atomic E-state index is 0.0537. The van der Waals surface area contributed by atoms with Crippen LogP contribution in [0.1, 0.15) is 24.2 Å². The van der Waals surface area contributed by atoms with Crippen molar-refractivity contribution in [3.63, 3.8) is 0 Å². The van der Waals surface area contributed by atoms with Gasteiger partial charge in [0.05, 0.1) is 6.54 Å². The first-order chi connectivity index (χ1) is 14.8. The molecule has 0 unspecified atom stereocenters. The molecule has 0 atom stereocenters. The van der Waals surface area contributed by atoms with Gasteiger partial charge in [-0.1, -0.05) is 31.5 Å². The van der Waals surface area contributed by atoms with Gasteiger partial charge in [-0.15, -0.1) is 0 Å². The third kappa shape index (κ3) is 6.21. The molecule has 7 nitrogen and oxygen atoms in total. The van der Waals surface area contributed by atoms with Crippen molar-refractivity contribution in [1.82, 2.24) is 10.2 Å². The molecular weight excluding hydrogens is 416 g/mol. The van der Waals surface area contributed by atoms with Gasteiger partial charge in [-0.05, 0) is 42.5 Å². The second-order valence-corrected chi connectivity index (χ2v) is 8.19. The summed E-state index contributed by atoms with van der Waals surface area (Å²) in [6.45, 7) is 6.17. The maximum absolute atomic E-state index is 12.5. The smallest absolute Gasteiger partial charge is 0.251 e. The third-order valence-corrected chi connectivity index (χ3v) is 5.38. The lowest BCUT2D eigenvalue weighted by molar-refractivity contribution is -0.130. The summed E-state index contributed by atoms with van der Waals surface area (Å²) in [4.78, 5) is 40.5. The van der Waals surface area contributed by atoms with Gasteiger partial charge in [0.2, 0.25) is 11.8 Å². The second-order valence-electron chi connectivity index (χ2n) is 7.75. The number of halogens is 1. The van der Waals surface area contributed by atoms with Gasteiger partial charge in [-0.25, -0.2) is 0 Å². The van der Waals surface area contributed by atoms with E-state index in [4.69, 9.17) is 11.6 Å². The Kier molecular flexibility index (Phi) is 7.52. The zero-order valence-electron chi connectivity index (χ0n) is 17.7. The average Bonchev–Trinajstić information content (AvgIpc) is 2.77. The van der Waals surface area contributed by atoms with E-state index >= 15 is 0 Å². The highest BCUT2D eigenvalue weighted by atomic mass is 35.5. The SMILES string of the molecule is CC(C)C(=O)Nc1ccc(C(=O)NCC(=O)N2CCN(c3cccc(Cl)c3)CC2)cc1. The molecule has 0 saturated carbocycles. The van der Waals surface area contributed by atoms with Crippen LogP contribution in [0, 0.1) is 5.92 Å². The predicted molar refractivity (Wildman–Crippen MR) is 122 cm³/mol. The topological polar surface area (TPSA) is 81.8 Å². The van der Waals surface area contributed by atoms with E-state index in [0.717, 1.165) is 5.69 Å². The van der Waals surface area contributed by atoms with Crippen molar-refractivity contribution in [2.24, 2.45) is 5.92 Å². The first kappa shape index (κ1) is 22.6. The van der Waals surface area contributed by atoms with Crippen molar-refractivity contribution in [3.8, 4) is 0 Å². The summed E-state index contributed by atoms with van der Waals surface area (Å²) in [5.41, 5.74) is 2.10. The molecule has 1 aliphatic rings. The van der Waals surface area contributed by atoms with E-state index in [0.29, 0.717) is 42.5 Å². The Morgan fingerprint density at radius 1 is 1.00 bits per heavy atom. The van der Waals surface area contributed by atoms with Gasteiger partial charge in [-0.2, -0.15) is 0 Å². The quantitative estimate of drug-likeness (QED) is 0.720. The van der Waals surface area contributed by atoms with Crippen LogP contribution in [0.15, 0.2) is 48.5 Å². The summed E-state index contributed by atoms with van der Waals surface area (Å²) < 4.78 is 0. The molecule has 1 aliphatic heterocycles. The molecule has 0 spiro atoms. The highest BCUT2D eigenvalue weighted by Gasteiger charge is 2.22. The van der Waals surface area contributed by atoms with Crippen molar-refractivity contribution >= 4 is 40.7 Å². The second kappa shape index (κ2) is 10.3. The van der Waals surface area contributed by atoms with Crippen LogP contribution >= 0.6 is 11.6 Å².